The van der Waals surface area contributed by atoms with Crippen LogP contribution >= 0.6 is 11.3 Å². The molecule has 1 amide bonds. The van der Waals surface area contributed by atoms with Crippen LogP contribution in [0.4, 0.5) is 5.13 Å². The largest absolute Gasteiger partial charge is 0.325 e. The molecule has 0 spiro atoms. The SMILES string of the molecule is CCCc1ccc(-c2nc(NC(=O)[C@@H](C)n3ccnc3)sc2C)cc1. The molecule has 0 radical (unpaired) electrons. The predicted molar refractivity (Wildman–Crippen MR) is 102 cm³/mol. The summed E-state index contributed by atoms with van der Waals surface area (Å²) < 4.78 is 1.77. The number of aryl methyl sites for hydroxylation is 2. The van der Waals surface area contributed by atoms with Crippen molar-refractivity contribution in [1.82, 2.24) is 14.5 Å². The van der Waals surface area contributed by atoms with Gasteiger partial charge >= 0.3 is 0 Å². The molecule has 1 N–H and O–H groups in total. The second-order valence-electron chi connectivity index (χ2n) is 6.05. The Labute approximate surface area is 151 Å². The van der Waals surface area contributed by atoms with Crippen molar-refractivity contribution in [3.05, 3.63) is 53.4 Å². The number of hydrogen-bond acceptors (Lipinski definition) is 4. The monoisotopic (exact) mass is 354 g/mol. The minimum atomic E-state index is -0.330. The number of carbonyl (C=O) groups excluding carboxylic acids is 1. The van der Waals surface area contributed by atoms with Crippen molar-refractivity contribution in [2.24, 2.45) is 0 Å². The number of amides is 1. The molecule has 0 aliphatic rings. The molecule has 130 valence electrons. The first-order valence-electron chi connectivity index (χ1n) is 8.43. The van der Waals surface area contributed by atoms with Crippen molar-refractivity contribution in [3.63, 3.8) is 0 Å². The Morgan fingerprint density at radius 3 is 2.72 bits per heavy atom. The van der Waals surface area contributed by atoms with Gasteiger partial charge in [0.2, 0.25) is 5.91 Å². The maximum Gasteiger partial charge on any atom is 0.248 e. The van der Waals surface area contributed by atoms with E-state index in [1.165, 1.54) is 16.9 Å². The van der Waals surface area contributed by atoms with E-state index >= 15 is 0 Å². The smallest absolute Gasteiger partial charge is 0.248 e. The lowest BCUT2D eigenvalue weighted by molar-refractivity contribution is -0.118. The van der Waals surface area contributed by atoms with Crippen LogP contribution in [0.3, 0.4) is 0 Å². The molecule has 2 aromatic heterocycles. The molecule has 6 heteroatoms. The van der Waals surface area contributed by atoms with Crippen LogP contribution in [0.2, 0.25) is 0 Å². The number of hydrogen-bond donors (Lipinski definition) is 1. The van der Waals surface area contributed by atoms with Crippen LogP contribution in [-0.2, 0) is 11.2 Å². The number of imidazole rings is 1. The predicted octanol–water partition coefficient (Wildman–Crippen LogP) is 4.47. The minimum Gasteiger partial charge on any atom is -0.325 e. The molecule has 0 saturated carbocycles. The number of carbonyl (C=O) groups is 1. The lowest BCUT2D eigenvalue weighted by Gasteiger charge is -2.11. The lowest BCUT2D eigenvalue weighted by atomic mass is 10.1. The molecule has 3 aromatic rings. The van der Waals surface area contributed by atoms with Crippen molar-refractivity contribution in [2.45, 2.75) is 39.7 Å². The zero-order valence-electron chi connectivity index (χ0n) is 14.7. The zero-order chi connectivity index (χ0) is 17.8. The van der Waals surface area contributed by atoms with Gasteiger partial charge < -0.3 is 9.88 Å². The Morgan fingerprint density at radius 1 is 1.32 bits per heavy atom. The third-order valence-electron chi connectivity index (χ3n) is 4.14. The van der Waals surface area contributed by atoms with Crippen LogP contribution in [0.1, 0.15) is 36.8 Å². The average Bonchev–Trinajstić information content (AvgIpc) is 3.25. The number of rotatable bonds is 6. The number of aromatic nitrogens is 3. The molecule has 1 aromatic carbocycles. The van der Waals surface area contributed by atoms with Gasteiger partial charge in [-0.25, -0.2) is 9.97 Å². The fourth-order valence-corrected chi connectivity index (χ4v) is 3.52. The lowest BCUT2D eigenvalue weighted by Crippen LogP contribution is -2.22. The van der Waals surface area contributed by atoms with Crippen LogP contribution < -0.4 is 5.32 Å². The van der Waals surface area contributed by atoms with E-state index in [1.54, 1.807) is 23.3 Å². The van der Waals surface area contributed by atoms with Gasteiger partial charge in [0.15, 0.2) is 5.13 Å². The van der Waals surface area contributed by atoms with E-state index in [9.17, 15) is 4.79 Å². The van der Waals surface area contributed by atoms with Crippen molar-refractivity contribution in [2.75, 3.05) is 5.32 Å². The molecule has 25 heavy (non-hydrogen) atoms. The second-order valence-corrected chi connectivity index (χ2v) is 7.25. The minimum absolute atomic E-state index is 0.100. The Morgan fingerprint density at radius 2 is 2.08 bits per heavy atom. The number of anilines is 1. The van der Waals surface area contributed by atoms with Gasteiger partial charge in [0.25, 0.3) is 0 Å². The summed E-state index contributed by atoms with van der Waals surface area (Å²) >= 11 is 1.50. The molecular formula is C19H22N4OS. The van der Waals surface area contributed by atoms with E-state index in [-0.39, 0.29) is 11.9 Å². The topological polar surface area (TPSA) is 59.8 Å². The fourth-order valence-electron chi connectivity index (χ4n) is 2.68. The van der Waals surface area contributed by atoms with E-state index in [0.29, 0.717) is 5.13 Å². The van der Waals surface area contributed by atoms with Crippen LogP contribution in [0.5, 0.6) is 0 Å². The van der Waals surface area contributed by atoms with E-state index < -0.39 is 0 Å². The molecule has 0 bridgehead atoms. The number of nitrogens with zero attached hydrogens (tertiary/aromatic N) is 3. The summed E-state index contributed by atoms with van der Waals surface area (Å²) in [5, 5.41) is 3.54. The van der Waals surface area contributed by atoms with Gasteiger partial charge in [-0.3, -0.25) is 4.79 Å². The summed E-state index contributed by atoms with van der Waals surface area (Å²) in [4.78, 5) is 22.1. The number of thiazole rings is 1. The molecular weight excluding hydrogens is 332 g/mol. The molecule has 1 atom stereocenters. The standard InChI is InChI=1S/C19H22N4OS/c1-4-5-15-6-8-16(9-7-15)17-14(3)25-19(21-17)22-18(24)13(2)23-11-10-20-12-23/h6-13H,4-5H2,1-3H3,(H,21,22,24)/t13-/m1/s1. The second kappa shape index (κ2) is 7.61. The van der Waals surface area contributed by atoms with Gasteiger partial charge in [-0.05, 0) is 25.8 Å². The van der Waals surface area contributed by atoms with Crippen LogP contribution in [-0.4, -0.2) is 20.4 Å². The van der Waals surface area contributed by atoms with Gasteiger partial charge in [0, 0.05) is 22.8 Å². The third kappa shape index (κ3) is 3.96. The summed E-state index contributed by atoms with van der Waals surface area (Å²) in [5.41, 5.74) is 3.34. The Balaban J connectivity index is 1.74. The molecule has 3 rings (SSSR count). The first-order chi connectivity index (χ1) is 12.1. The summed E-state index contributed by atoms with van der Waals surface area (Å²) in [6.45, 7) is 6.05. The molecule has 0 fully saturated rings. The number of nitrogens with one attached hydrogen (secondary N) is 1. The van der Waals surface area contributed by atoms with Gasteiger partial charge in [-0.2, -0.15) is 0 Å². The highest BCUT2D eigenvalue weighted by molar-refractivity contribution is 7.16. The maximum atomic E-state index is 12.4. The van der Waals surface area contributed by atoms with Crippen molar-refractivity contribution in [1.29, 1.82) is 0 Å². The Hall–Kier alpha value is -2.47. The van der Waals surface area contributed by atoms with Crippen LogP contribution in [0.25, 0.3) is 11.3 Å². The molecule has 0 saturated heterocycles. The first kappa shape index (κ1) is 17.4. The first-order valence-corrected chi connectivity index (χ1v) is 9.25. The highest BCUT2D eigenvalue weighted by Gasteiger charge is 2.17. The van der Waals surface area contributed by atoms with E-state index in [0.717, 1.165) is 29.0 Å². The fraction of sp³-hybridized carbons (Fsp3) is 0.316. The Kier molecular flexibility index (Phi) is 5.28. The molecule has 0 aliphatic heterocycles. The Bertz CT molecular complexity index is 837. The molecule has 0 unspecified atom stereocenters. The van der Waals surface area contributed by atoms with Crippen LogP contribution in [0, 0.1) is 6.92 Å². The zero-order valence-corrected chi connectivity index (χ0v) is 15.5. The maximum absolute atomic E-state index is 12.4. The average molecular weight is 354 g/mol. The molecule has 5 nitrogen and oxygen atoms in total. The van der Waals surface area contributed by atoms with E-state index in [2.05, 4.69) is 46.5 Å². The third-order valence-corrected chi connectivity index (χ3v) is 5.03. The van der Waals surface area contributed by atoms with Gasteiger partial charge in [0.05, 0.1) is 12.0 Å². The van der Waals surface area contributed by atoms with Crippen molar-refractivity contribution < 1.29 is 4.79 Å². The van der Waals surface area contributed by atoms with Gasteiger partial charge in [-0.1, -0.05) is 37.6 Å². The quantitative estimate of drug-likeness (QED) is 0.710. The highest BCUT2D eigenvalue weighted by atomic mass is 32.1. The molecule has 0 aliphatic carbocycles. The summed E-state index contributed by atoms with van der Waals surface area (Å²) in [6.07, 6.45) is 7.31. The van der Waals surface area contributed by atoms with Crippen molar-refractivity contribution in [3.8, 4) is 11.3 Å². The van der Waals surface area contributed by atoms with E-state index in [1.807, 2.05) is 13.8 Å². The summed E-state index contributed by atoms with van der Waals surface area (Å²) in [5.74, 6) is -0.100. The summed E-state index contributed by atoms with van der Waals surface area (Å²) in [6, 6.07) is 8.18. The van der Waals surface area contributed by atoms with Gasteiger partial charge in [-0.15, -0.1) is 11.3 Å². The molecule has 2 heterocycles. The normalized spacial score (nSPS) is 12.1. The highest BCUT2D eigenvalue weighted by Crippen LogP contribution is 2.31. The number of benzene rings is 1. The van der Waals surface area contributed by atoms with Gasteiger partial charge in [0.1, 0.15) is 6.04 Å². The summed E-state index contributed by atoms with van der Waals surface area (Å²) in [7, 11) is 0. The van der Waals surface area contributed by atoms with Crippen molar-refractivity contribution >= 4 is 22.4 Å². The van der Waals surface area contributed by atoms with E-state index in [4.69, 9.17) is 0 Å². The van der Waals surface area contributed by atoms with Crippen LogP contribution in [0.15, 0.2) is 43.0 Å².